The van der Waals surface area contributed by atoms with Crippen molar-refractivity contribution < 1.29 is 4.79 Å². The highest BCUT2D eigenvalue weighted by Crippen LogP contribution is 2.20. The smallest absolute Gasteiger partial charge is 0.332 e. The number of likely N-dealkylation sites (tertiary alicyclic amines) is 1. The van der Waals surface area contributed by atoms with Gasteiger partial charge in [0, 0.05) is 24.3 Å². The molecule has 7 heteroatoms. The largest absolute Gasteiger partial charge is 0.338 e. The lowest BCUT2D eigenvalue weighted by Gasteiger charge is -2.35. The van der Waals surface area contributed by atoms with E-state index < -0.39 is 0 Å². The van der Waals surface area contributed by atoms with Crippen LogP contribution in [-0.2, 0) is 6.54 Å². The highest BCUT2D eigenvalue weighted by Gasteiger charge is 2.28. The summed E-state index contributed by atoms with van der Waals surface area (Å²) in [5.41, 5.74) is 4.22. The summed E-state index contributed by atoms with van der Waals surface area (Å²) < 4.78 is 0. The van der Waals surface area contributed by atoms with Crippen molar-refractivity contribution in [2.45, 2.75) is 25.4 Å². The molecule has 3 heterocycles. The molecule has 2 aliphatic heterocycles. The van der Waals surface area contributed by atoms with Crippen LogP contribution < -0.4 is 15.8 Å². The van der Waals surface area contributed by atoms with Crippen LogP contribution in [0.4, 0.5) is 10.6 Å². The van der Waals surface area contributed by atoms with E-state index in [1.54, 1.807) is 6.20 Å². The summed E-state index contributed by atoms with van der Waals surface area (Å²) in [6.07, 6.45) is 5.27. The first-order valence-corrected chi connectivity index (χ1v) is 6.55. The van der Waals surface area contributed by atoms with Gasteiger partial charge < -0.3 is 10.2 Å². The molecule has 19 heavy (non-hydrogen) atoms. The number of aromatic nitrogens is 2. The summed E-state index contributed by atoms with van der Waals surface area (Å²) in [6, 6.07) is 0.160. The third-order valence-corrected chi connectivity index (χ3v) is 3.64. The fraction of sp³-hybridized carbons (Fsp3) is 0.583. The number of hydrogen-bond donors (Lipinski definition) is 2. The van der Waals surface area contributed by atoms with Crippen LogP contribution in [0.5, 0.6) is 0 Å². The Morgan fingerprint density at radius 2 is 2.21 bits per heavy atom. The standard InChI is InChI=1S/C12H18N6O/c1-17-4-2-10(3-5-17)16-18-11-9(6-13-8-15-11)7-14-12(18)19/h6,8,10,16H,2-5,7H2,1H3,(H,14,19). The zero-order chi connectivity index (χ0) is 13.2. The van der Waals surface area contributed by atoms with Crippen LogP contribution in [0.2, 0.25) is 0 Å². The van der Waals surface area contributed by atoms with Gasteiger partial charge in [-0.25, -0.2) is 25.2 Å². The first-order chi connectivity index (χ1) is 9.24. The molecule has 0 radical (unpaired) electrons. The van der Waals surface area contributed by atoms with Gasteiger partial charge in [-0.2, -0.15) is 0 Å². The van der Waals surface area contributed by atoms with Crippen molar-refractivity contribution in [3.05, 3.63) is 18.1 Å². The molecule has 0 aromatic carbocycles. The zero-order valence-electron chi connectivity index (χ0n) is 11.0. The molecule has 1 fully saturated rings. The molecule has 102 valence electrons. The SMILES string of the molecule is CN1CCC(NN2C(=O)NCc3cncnc32)CC1. The zero-order valence-corrected chi connectivity index (χ0v) is 11.0. The molecule has 3 rings (SSSR count). The van der Waals surface area contributed by atoms with E-state index in [2.05, 4.69) is 32.7 Å². The van der Waals surface area contributed by atoms with Gasteiger partial charge in [0.25, 0.3) is 0 Å². The van der Waals surface area contributed by atoms with Crippen molar-refractivity contribution >= 4 is 11.8 Å². The number of rotatable bonds is 2. The molecule has 0 atom stereocenters. The molecule has 2 N–H and O–H groups in total. The van der Waals surface area contributed by atoms with Crippen molar-refractivity contribution in [3.8, 4) is 0 Å². The van der Waals surface area contributed by atoms with E-state index in [1.807, 2.05) is 0 Å². The van der Waals surface area contributed by atoms with Crippen LogP contribution in [-0.4, -0.2) is 47.1 Å². The van der Waals surface area contributed by atoms with E-state index in [-0.39, 0.29) is 6.03 Å². The number of hydrogen-bond acceptors (Lipinski definition) is 5. The second-order valence-corrected chi connectivity index (χ2v) is 5.07. The molecule has 1 aromatic rings. The summed E-state index contributed by atoms with van der Waals surface area (Å²) in [5.74, 6) is 0.665. The van der Waals surface area contributed by atoms with Gasteiger partial charge in [-0.1, -0.05) is 0 Å². The number of fused-ring (bicyclic) bond motifs is 1. The molecule has 0 bridgehead atoms. The van der Waals surface area contributed by atoms with E-state index in [0.717, 1.165) is 31.5 Å². The molecule has 2 aliphatic rings. The number of amides is 2. The van der Waals surface area contributed by atoms with Gasteiger partial charge in [0.1, 0.15) is 6.33 Å². The van der Waals surface area contributed by atoms with Crippen molar-refractivity contribution in [1.29, 1.82) is 0 Å². The molecule has 2 amide bonds. The van der Waals surface area contributed by atoms with Crippen LogP contribution in [0.1, 0.15) is 18.4 Å². The molecule has 1 aromatic heterocycles. The lowest BCUT2D eigenvalue weighted by atomic mass is 10.1. The van der Waals surface area contributed by atoms with Crippen LogP contribution in [0, 0.1) is 0 Å². The predicted octanol–water partition coefficient (Wildman–Crippen LogP) is 0.105. The van der Waals surface area contributed by atoms with Gasteiger partial charge in [-0.15, -0.1) is 0 Å². The van der Waals surface area contributed by atoms with Crippen molar-refractivity contribution in [1.82, 2.24) is 25.6 Å². The number of anilines is 1. The van der Waals surface area contributed by atoms with Gasteiger partial charge in [0.05, 0.1) is 0 Å². The van der Waals surface area contributed by atoms with Crippen LogP contribution in [0.15, 0.2) is 12.5 Å². The average molecular weight is 262 g/mol. The van der Waals surface area contributed by atoms with Gasteiger partial charge in [-0.3, -0.25) is 0 Å². The molecule has 0 unspecified atom stereocenters. The minimum atomic E-state index is -0.148. The van der Waals surface area contributed by atoms with Gasteiger partial charge in [-0.05, 0) is 33.0 Å². The van der Waals surface area contributed by atoms with Crippen molar-refractivity contribution in [3.63, 3.8) is 0 Å². The number of piperidine rings is 1. The van der Waals surface area contributed by atoms with Gasteiger partial charge in [0.2, 0.25) is 0 Å². The highest BCUT2D eigenvalue weighted by atomic mass is 16.2. The summed E-state index contributed by atoms with van der Waals surface area (Å²) in [5, 5.41) is 4.35. The molecule has 0 saturated carbocycles. The maximum absolute atomic E-state index is 12.0. The predicted molar refractivity (Wildman–Crippen MR) is 70.4 cm³/mol. The summed E-state index contributed by atoms with van der Waals surface area (Å²) in [6.45, 7) is 2.58. The number of nitrogens with one attached hydrogen (secondary N) is 2. The fourth-order valence-electron chi connectivity index (χ4n) is 2.46. The Hall–Kier alpha value is -1.73. The number of carbonyl (C=O) groups is 1. The fourth-order valence-corrected chi connectivity index (χ4v) is 2.46. The molecule has 1 saturated heterocycles. The van der Waals surface area contributed by atoms with Crippen molar-refractivity contribution in [2.75, 3.05) is 25.1 Å². The molecular weight excluding hydrogens is 244 g/mol. The quantitative estimate of drug-likeness (QED) is 0.791. The number of urea groups is 1. The average Bonchev–Trinajstić information content (AvgIpc) is 2.44. The van der Waals surface area contributed by atoms with E-state index in [4.69, 9.17) is 0 Å². The Kier molecular flexibility index (Phi) is 3.31. The Morgan fingerprint density at radius 3 is 3.00 bits per heavy atom. The van der Waals surface area contributed by atoms with E-state index in [9.17, 15) is 4.79 Å². The molecular formula is C12H18N6O. The molecule has 0 aliphatic carbocycles. The summed E-state index contributed by atoms with van der Waals surface area (Å²) in [7, 11) is 2.12. The van der Waals surface area contributed by atoms with Gasteiger partial charge >= 0.3 is 6.03 Å². The lowest BCUT2D eigenvalue weighted by molar-refractivity contribution is 0.219. The third kappa shape index (κ3) is 2.52. The normalized spacial score (nSPS) is 21.1. The Morgan fingerprint density at radius 1 is 1.42 bits per heavy atom. The second-order valence-electron chi connectivity index (χ2n) is 5.07. The minimum Gasteiger partial charge on any atom is -0.332 e. The summed E-state index contributed by atoms with van der Waals surface area (Å²) in [4.78, 5) is 22.5. The monoisotopic (exact) mass is 262 g/mol. The maximum Gasteiger partial charge on any atom is 0.338 e. The maximum atomic E-state index is 12.0. The second kappa shape index (κ2) is 5.10. The van der Waals surface area contributed by atoms with E-state index in [0.29, 0.717) is 18.4 Å². The van der Waals surface area contributed by atoms with E-state index in [1.165, 1.54) is 11.3 Å². The number of hydrazine groups is 1. The minimum absolute atomic E-state index is 0.148. The Bertz CT molecular complexity index is 471. The first kappa shape index (κ1) is 12.3. The Balaban J connectivity index is 1.75. The lowest BCUT2D eigenvalue weighted by Crippen LogP contribution is -2.57. The summed E-state index contributed by atoms with van der Waals surface area (Å²) >= 11 is 0. The topological polar surface area (TPSA) is 73.4 Å². The van der Waals surface area contributed by atoms with Crippen LogP contribution in [0.25, 0.3) is 0 Å². The molecule has 0 spiro atoms. The first-order valence-electron chi connectivity index (χ1n) is 6.55. The van der Waals surface area contributed by atoms with Crippen LogP contribution in [0.3, 0.4) is 0 Å². The van der Waals surface area contributed by atoms with Crippen molar-refractivity contribution in [2.24, 2.45) is 0 Å². The highest BCUT2D eigenvalue weighted by molar-refractivity contribution is 5.92. The Labute approximate surface area is 112 Å². The third-order valence-electron chi connectivity index (χ3n) is 3.64. The molecule has 7 nitrogen and oxygen atoms in total. The van der Waals surface area contributed by atoms with Gasteiger partial charge in [0.15, 0.2) is 5.82 Å². The van der Waals surface area contributed by atoms with E-state index >= 15 is 0 Å². The number of nitrogens with zero attached hydrogens (tertiary/aromatic N) is 4. The number of carbonyl (C=O) groups excluding carboxylic acids is 1. The van der Waals surface area contributed by atoms with Crippen LogP contribution >= 0.6 is 0 Å².